The van der Waals surface area contributed by atoms with Crippen LogP contribution in [-0.4, -0.2) is 68.4 Å². The summed E-state index contributed by atoms with van der Waals surface area (Å²) in [6.45, 7) is 5.85. The molecule has 2 amide bonds. The summed E-state index contributed by atoms with van der Waals surface area (Å²) in [5, 5.41) is 18.3. The van der Waals surface area contributed by atoms with Gasteiger partial charge in [0, 0.05) is 18.3 Å². The van der Waals surface area contributed by atoms with Crippen molar-refractivity contribution < 1.29 is 19.8 Å². The molecule has 0 spiro atoms. The zero-order valence-corrected chi connectivity index (χ0v) is 13.1. The number of hydrogen-bond donors (Lipinski definition) is 2. The van der Waals surface area contributed by atoms with Crippen LogP contribution in [0.2, 0.25) is 0 Å². The summed E-state index contributed by atoms with van der Waals surface area (Å²) in [5.41, 5.74) is 0. The zero-order valence-electron chi connectivity index (χ0n) is 12.3. The molecule has 6 nitrogen and oxygen atoms in total. The summed E-state index contributed by atoms with van der Waals surface area (Å²) in [7, 11) is 0. The van der Waals surface area contributed by atoms with E-state index in [-0.39, 0.29) is 30.6 Å². The van der Waals surface area contributed by atoms with E-state index in [1.807, 2.05) is 20.8 Å². The molecule has 1 aliphatic rings. The Morgan fingerprint density at radius 3 is 2.55 bits per heavy atom. The summed E-state index contributed by atoms with van der Waals surface area (Å²) in [6, 6.07) is -1.13. The van der Waals surface area contributed by atoms with Gasteiger partial charge in [-0.25, -0.2) is 9.59 Å². The first-order valence-electron chi connectivity index (χ1n) is 6.98. The molecule has 2 unspecified atom stereocenters. The molecule has 0 aromatic heterocycles. The molecule has 1 rings (SSSR count). The van der Waals surface area contributed by atoms with Gasteiger partial charge in [-0.15, -0.1) is 11.8 Å². The molecule has 0 aromatic carbocycles. The Morgan fingerprint density at radius 2 is 2.10 bits per heavy atom. The predicted octanol–water partition coefficient (Wildman–Crippen LogP) is 1.44. The van der Waals surface area contributed by atoms with E-state index in [0.717, 1.165) is 12.8 Å². The molecule has 0 radical (unpaired) electrons. The number of nitrogens with zero attached hydrogens (tertiary/aromatic N) is 2. The smallest absolute Gasteiger partial charge is 0.327 e. The van der Waals surface area contributed by atoms with Crippen LogP contribution in [0.3, 0.4) is 0 Å². The SMILES string of the molecule is CCCC1SCC(C(=O)O)N1C(=O)N(CCO)C(C)C. The van der Waals surface area contributed by atoms with Gasteiger partial charge in [0.2, 0.25) is 0 Å². The summed E-state index contributed by atoms with van der Waals surface area (Å²) in [6.07, 6.45) is 1.68. The molecule has 0 aliphatic carbocycles. The van der Waals surface area contributed by atoms with Gasteiger partial charge in [-0.3, -0.25) is 4.90 Å². The van der Waals surface area contributed by atoms with Crippen molar-refractivity contribution >= 4 is 23.8 Å². The maximum atomic E-state index is 12.6. The Labute approximate surface area is 124 Å². The van der Waals surface area contributed by atoms with Gasteiger partial charge in [0.25, 0.3) is 0 Å². The van der Waals surface area contributed by atoms with Crippen LogP contribution in [0.5, 0.6) is 0 Å². The summed E-state index contributed by atoms with van der Waals surface area (Å²) < 4.78 is 0. The molecule has 2 N–H and O–H groups in total. The molecule has 0 bridgehead atoms. The molecule has 20 heavy (non-hydrogen) atoms. The van der Waals surface area contributed by atoms with Crippen LogP contribution in [-0.2, 0) is 4.79 Å². The maximum absolute atomic E-state index is 12.6. The van der Waals surface area contributed by atoms with Crippen molar-refractivity contribution in [3.63, 3.8) is 0 Å². The van der Waals surface area contributed by atoms with Gasteiger partial charge in [-0.1, -0.05) is 13.3 Å². The number of carboxylic acid groups (broad SMARTS) is 1. The molecule has 1 fully saturated rings. The molecular weight excluding hydrogens is 280 g/mol. The van der Waals surface area contributed by atoms with Crippen molar-refractivity contribution in [3.8, 4) is 0 Å². The van der Waals surface area contributed by atoms with Gasteiger partial charge in [0.05, 0.1) is 12.0 Å². The van der Waals surface area contributed by atoms with Gasteiger partial charge >= 0.3 is 12.0 Å². The number of thioether (sulfide) groups is 1. The number of hydrogen-bond acceptors (Lipinski definition) is 4. The highest BCUT2D eigenvalue weighted by Crippen LogP contribution is 2.33. The number of carbonyl (C=O) groups excluding carboxylic acids is 1. The van der Waals surface area contributed by atoms with E-state index >= 15 is 0 Å². The van der Waals surface area contributed by atoms with Crippen LogP contribution < -0.4 is 0 Å². The lowest BCUT2D eigenvalue weighted by Gasteiger charge is -2.35. The summed E-state index contributed by atoms with van der Waals surface area (Å²) >= 11 is 1.52. The van der Waals surface area contributed by atoms with Crippen LogP contribution in [0.4, 0.5) is 4.79 Å². The minimum absolute atomic E-state index is 0.0722. The van der Waals surface area contributed by atoms with Crippen molar-refractivity contribution in [2.75, 3.05) is 18.9 Å². The summed E-state index contributed by atoms with van der Waals surface area (Å²) in [4.78, 5) is 27.0. The first kappa shape index (κ1) is 17.1. The number of amides is 2. The van der Waals surface area contributed by atoms with E-state index < -0.39 is 12.0 Å². The third-order valence-corrected chi connectivity index (χ3v) is 4.70. The number of aliphatic carboxylic acids is 1. The van der Waals surface area contributed by atoms with E-state index in [0.29, 0.717) is 5.75 Å². The first-order valence-corrected chi connectivity index (χ1v) is 8.03. The Bertz CT molecular complexity index is 351. The third-order valence-electron chi connectivity index (χ3n) is 3.34. The minimum Gasteiger partial charge on any atom is -0.480 e. The topological polar surface area (TPSA) is 81.1 Å². The van der Waals surface area contributed by atoms with Crippen molar-refractivity contribution in [1.29, 1.82) is 0 Å². The van der Waals surface area contributed by atoms with Gasteiger partial charge in [-0.2, -0.15) is 0 Å². The lowest BCUT2D eigenvalue weighted by molar-refractivity contribution is -0.141. The van der Waals surface area contributed by atoms with E-state index in [4.69, 9.17) is 5.11 Å². The molecule has 1 saturated heterocycles. The highest BCUT2D eigenvalue weighted by Gasteiger charge is 2.43. The highest BCUT2D eigenvalue weighted by atomic mass is 32.2. The highest BCUT2D eigenvalue weighted by molar-refractivity contribution is 8.00. The van der Waals surface area contributed by atoms with E-state index in [2.05, 4.69) is 0 Å². The quantitative estimate of drug-likeness (QED) is 0.776. The molecule has 7 heteroatoms. The number of rotatable bonds is 6. The normalized spacial score (nSPS) is 22.4. The molecule has 1 aliphatic heterocycles. The van der Waals surface area contributed by atoms with Crippen LogP contribution in [0, 0.1) is 0 Å². The van der Waals surface area contributed by atoms with Crippen LogP contribution >= 0.6 is 11.8 Å². The largest absolute Gasteiger partial charge is 0.480 e. The molecule has 0 saturated carbocycles. The van der Waals surface area contributed by atoms with E-state index in [1.54, 1.807) is 0 Å². The van der Waals surface area contributed by atoms with Crippen LogP contribution in [0.25, 0.3) is 0 Å². The van der Waals surface area contributed by atoms with Gasteiger partial charge in [-0.05, 0) is 20.3 Å². The summed E-state index contributed by atoms with van der Waals surface area (Å²) in [5.74, 6) is -0.534. The van der Waals surface area contributed by atoms with Crippen molar-refractivity contribution in [2.24, 2.45) is 0 Å². The maximum Gasteiger partial charge on any atom is 0.327 e. The zero-order chi connectivity index (χ0) is 15.3. The molecule has 1 heterocycles. The minimum atomic E-state index is -0.961. The Balaban J connectivity index is 2.94. The third kappa shape index (κ3) is 3.79. The van der Waals surface area contributed by atoms with Gasteiger partial charge < -0.3 is 15.1 Å². The Hall–Kier alpha value is -0.950. The fourth-order valence-electron chi connectivity index (χ4n) is 2.31. The fraction of sp³-hybridized carbons (Fsp3) is 0.846. The van der Waals surface area contributed by atoms with Gasteiger partial charge in [0.15, 0.2) is 0 Å². The number of carbonyl (C=O) groups is 2. The monoisotopic (exact) mass is 304 g/mol. The van der Waals surface area contributed by atoms with E-state index in [1.165, 1.54) is 21.6 Å². The number of carboxylic acids is 1. The number of aliphatic hydroxyl groups excluding tert-OH is 1. The molecule has 0 aromatic rings. The molecule has 2 atom stereocenters. The second-order valence-corrected chi connectivity index (χ2v) is 6.34. The second kappa shape index (κ2) is 7.73. The second-order valence-electron chi connectivity index (χ2n) is 5.13. The van der Waals surface area contributed by atoms with E-state index in [9.17, 15) is 14.7 Å². The Kier molecular flexibility index (Phi) is 6.61. The first-order chi connectivity index (χ1) is 9.43. The molecule has 116 valence electrons. The molecular formula is C13H24N2O4S. The number of urea groups is 1. The predicted molar refractivity (Wildman–Crippen MR) is 78.7 cm³/mol. The van der Waals surface area contributed by atoms with Crippen LogP contribution in [0.1, 0.15) is 33.6 Å². The average Bonchev–Trinajstić information content (AvgIpc) is 2.79. The van der Waals surface area contributed by atoms with Crippen molar-refractivity contribution in [3.05, 3.63) is 0 Å². The fourth-order valence-corrected chi connectivity index (χ4v) is 3.82. The van der Waals surface area contributed by atoms with Crippen molar-refractivity contribution in [2.45, 2.75) is 51.1 Å². The standard InChI is InChI=1S/C13H24N2O4S/c1-4-5-11-15(10(8-20-11)12(17)18)13(19)14(6-7-16)9(2)3/h9-11,16H,4-8H2,1-3H3,(H,17,18). The van der Waals surface area contributed by atoms with Crippen molar-refractivity contribution in [1.82, 2.24) is 9.80 Å². The Morgan fingerprint density at radius 1 is 1.45 bits per heavy atom. The average molecular weight is 304 g/mol. The lowest BCUT2D eigenvalue weighted by atomic mass is 10.2. The number of aliphatic hydroxyl groups is 1. The lowest BCUT2D eigenvalue weighted by Crippen LogP contribution is -2.54. The van der Waals surface area contributed by atoms with Gasteiger partial charge in [0.1, 0.15) is 6.04 Å². The van der Waals surface area contributed by atoms with Crippen LogP contribution in [0.15, 0.2) is 0 Å².